The molecule has 0 unspecified atom stereocenters. The Bertz CT molecular complexity index is 2410. The van der Waals surface area contributed by atoms with Crippen molar-refractivity contribution in [3.8, 4) is 0 Å². The molecule has 0 radical (unpaired) electrons. The van der Waals surface area contributed by atoms with E-state index in [-0.39, 0.29) is 57.3 Å². The Hall–Kier alpha value is -7.54. The molecule has 0 spiro atoms. The maximum absolute atomic E-state index is 13.9. The van der Waals surface area contributed by atoms with E-state index in [2.05, 4.69) is 26.3 Å². The standard InChI is InChI=1S/C48H48N6O7/c49-44(56)42(30-35-24-25-36-17-7-8-19-39(36)29-35)52-45(57)41(51-43(55)27-26-38-21-11-20-37-18-9-10-22-40(37)38)23-12-28-50-46(53-47(58)60-31-33-13-3-1-4-14-33)54-48(59)61-32-34-15-5-2-6-16-34/h1-11,13-22,24-25,29,41-42H,12,23,26-28,30-32H2,(H2,49,56)(H,51,55)(H,52,57)(H2,50,53,54,58,59)/t41-,42-/m0/s1. The molecule has 6 aromatic rings. The van der Waals surface area contributed by atoms with Crippen LogP contribution in [-0.4, -0.2) is 54.5 Å². The van der Waals surface area contributed by atoms with E-state index in [9.17, 15) is 24.0 Å². The second kappa shape index (κ2) is 22.0. The highest BCUT2D eigenvalue weighted by Crippen LogP contribution is 2.20. The lowest BCUT2D eigenvalue weighted by Gasteiger charge is -2.22. The van der Waals surface area contributed by atoms with Crippen molar-refractivity contribution in [2.75, 3.05) is 6.54 Å². The number of benzene rings is 6. The Balaban J connectivity index is 1.13. The first-order chi connectivity index (χ1) is 29.7. The number of nitrogens with zero attached hydrogens (tertiary/aromatic N) is 1. The molecule has 0 aliphatic carbocycles. The van der Waals surface area contributed by atoms with Crippen LogP contribution in [0.1, 0.15) is 41.5 Å². The lowest BCUT2D eigenvalue weighted by molar-refractivity contribution is -0.131. The van der Waals surface area contributed by atoms with Gasteiger partial charge in [0.05, 0.1) is 0 Å². The number of nitrogens with one attached hydrogen (secondary N) is 4. The van der Waals surface area contributed by atoms with Crippen molar-refractivity contribution in [2.24, 2.45) is 10.7 Å². The number of alkyl carbamates (subject to hydrolysis) is 2. The van der Waals surface area contributed by atoms with Crippen LogP contribution in [-0.2, 0) is 49.9 Å². The number of nitrogens with two attached hydrogens (primary N) is 1. The summed E-state index contributed by atoms with van der Waals surface area (Å²) >= 11 is 0. The van der Waals surface area contributed by atoms with Crippen LogP contribution in [0.4, 0.5) is 9.59 Å². The summed E-state index contributed by atoms with van der Waals surface area (Å²) in [6.07, 6.45) is -0.783. The van der Waals surface area contributed by atoms with Crippen molar-refractivity contribution in [1.82, 2.24) is 21.3 Å². The number of ether oxygens (including phenoxy) is 2. The van der Waals surface area contributed by atoms with Crippen molar-refractivity contribution < 1.29 is 33.4 Å². The zero-order chi connectivity index (χ0) is 42.8. The van der Waals surface area contributed by atoms with Gasteiger partial charge in [-0.1, -0.05) is 146 Å². The second-order valence-electron chi connectivity index (χ2n) is 14.4. The number of aliphatic imine (C=N–C) groups is 1. The smallest absolute Gasteiger partial charge is 0.414 e. The Kier molecular flexibility index (Phi) is 15.5. The molecule has 61 heavy (non-hydrogen) atoms. The van der Waals surface area contributed by atoms with Crippen molar-refractivity contribution in [2.45, 2.75) is 57.4 Å². The fraction of sp³-hybridized carbons (Fsp3) is 0.208. The number of aryl methyl sites for hydroxylation is 1. The van der Waals surface area contributed by atoms with E-state index in [4.69, 9.17) is 15.2 Å². The third-order valence-corrected chi connectivity index (χ3v) is 9.85. The van der Waals surface area contributed by atoms with Crippen LogP contribution >= 0.6 is 0 Å². The van der Waals surface area contributed by atoms with E-state index in [1.54, 1.807) is 24.3 Å². The summed E-state index contributed by atoms with van der Waals surface area (Å²) in [5, 5.41) is 14.6. The molecule has 0 aliphatic heterocycles. The molecule has 312 valence electrons. The van der Waals surface area contributed by atoms with Crippen LogP contribution in [0.5, 0.6) is 0 Å². The predicted molar refractivity (Wildman–Crippen MR) is 234 cm³/mol. The average Bonchev–Trinajstić information content (AvgIpc) is 3.28. The fourth-order valence-corrected chi connectivity index (χ4v) is 6.70. The Morgan fingerprint density at radius 1 is 0.590 bits per heavy atom. The largest absolute Gasteiger partial charge is 0.444 e. The van der Waals surface area contributed by atoms with Crippen LogP contribution in [0.3, 0.4) is 0 Å². The molecule has 6 N–H and O–H groups in total. The molecule has 0 saturated carbocycles. The van der Waals surface area contributed by atoms with Gasteiger partial charge in [-0.15, -0.1) is 0 Å². The molecule has 13 nitrogen and oxygen atoms in total. The zero-order valence-electron chi connectivity index (χ0n) is 33.6. The molecule has 0 aliphatic rings. The lowest BCUT2D eigenvalue weighted by atomic mass is 10.00. The normalized spacial score (nSPS) is 11.7. The van der Waals surface area contributed by atoms with E-state index in [1.165, 1.54) is 0 Å². The lowest BCUT2D eigenvalue weighted by Crippen LogP contribution is -2.53. The Labute approximate surface area is 353 Å². The van der Waals surface area contributed by atoms with Crippen LogP contribution < -0.4 is 27.0 Å². The molecule has 2 atom stereocenters. The molecule has 0 fully saturated rings. The summed E-state index contributed by atoms with van der Waals surface area (Å²) < 4.78 is 10.7. The number of hydrogen-bond donors (Lipinski definition) is 5. The molecule has 0 saturated heterocycles. The predicted octanol–water partition coefficient (Wildman–Crippen LogP) is 6.61. The van der Waals surface area contributed by atoms with Crippen molar-refractivity contribution >= 4 is 57.4 Å². The topological polar surface area (TPSA) is 190 Å². The highest BCUT2D eigenvalue weighted by atomic mass is 16.6. The van der Waals surface area contributed by atoms with Gasteiger partial charge in [0.25, 0.3) is 0 Å². The first-order valence-corrected chi connectivity index (χ1v) is 20.0. The highest BCUT2D eigenvalue weighted by molar-refractivity contribution is 6.01. The molecule has 13 heteroatoms. The number of carbonyl (C=O) groups excluding carboxylic acids is 5. The van der Waals surface area contributed by atoms with Gasteiger partial charge in [-0.05, 0) is 63.1 Å². The SMILES string of the molecule is NC(=O)[C@H](Cc1ccc2ccccc2c1)NC(=O)[C@H](CCCN=C(NC(=O)OCc1ccccc1)NC(=O)OCc1ccccc1)NC(=O)CCc1cccc2ccccc12. The third-order valence-electron chi connectivity index (χ3n) is 9.85. The van der Waals surface area contributed by atoms with Gasteiger partial charge >= 0.3 is 12.2 Å². The van der Waals surface area contributed by atoms with Gasteiger partial charge in [0.1, 0.15) is 25.3 Å². The van der Waals surface area contributed by atoms with Crippen LogP contribution in [0.15, 0.2) is 151 Å². The first kappa shape index (κ1) is 43.0. The molecule has 0 heterocycles. The average molecular weight is 821 g/mol. The molecule has 0 aromatic heterocycles. The van der Waals surface area contributed by atoms with Crippen molar-refractivity contribution in [3.63, 3.8) is 0 Å². The molecule has 0 bridgehead atoms. The van der Waals surface area contributed by atoms with Crippen LogP contribution in [0, 0.1) is 0 Å². The van der Waals surface area contributed by atoms with Gasteiger partial charge < -0.3 is 25.8 Å². The third kappa shape index (κ3) is 13.5. The molecule has 6 rings (SSSR count). The molecular weight excluding hydrogens is 773 g/mol. The zero-order valence-corrected chi connectivity index (χ0v) is 33.6. The van der Waals surface area contributed by atoms with Crippen molar-refractivity contribution in [3.05, 3.63) is 168 Å². The number of amides is 5. The summed E-state index contributed by atoms with van der Waals surface area (Å²) in [5.41, 5.74) is 9.10. The quantitative estimate of drug-likeness (QED) is 0.0389. The molecular formula is C48H48N6O7. The first-order valence-electron chi connectivity index (χ1n) is 20.0. The van der Waals surface area contributed by atoms with Crippen LogP contribution in [0.25, 0.3) is 21.5 Å². The summed E-state index contributed by atoms with van der Waals surface area (Å²) in [5.74, 6) is -1.93. The fourth-order valence-electron chi connectivity index (χ4n) is 6.70. The maximum atomic E-state index is 13.9. The van der Waals surface area contributed by atoms with E-state index in [1.807, 2.05) is 121 Å². The summed E-state index contributed by atoms with van der Waals surface area (Å²) in [7, 11) is 0. The van der Waals surface area contributed by atoms with Crippen LogP contribution in [0.2, 0.25) is 0 Å². The number of carbonyl (C=O) groups is 5. The Morgan fingerprint density at radius 3 is 1.84 bits per heavy atom. The maximum Gasteiger partial charge on any atom is 0.414 e. The minimum Gasteiger partial charge on any atom is -0.444 e. The second-order valence-corrected chi connectivity index (χ2v) is 14.4. The van der Waals surface area contributed by atoms with Gasteiger partial charge in [0, 0.05) is 19.4 Å². The monoisotopic (exact) mass is 820 g/mol. The van der Waals surface area contributed by atoms with Crippen molar-refractivity contribution in [1.29, 1.82) is 0 Å². The van der Waals surface area contributed by atoms with Gasteiger partial charge in [0.2, 0.25) is 23.7 Å². The molecule has 5 amide bonds. The summed E-state index contributed by atoms with van der Waals surface area (Å²) in [4.78, 5) is 70.0. The number of hydrogen-bond acceptors (Lipinski definition) is 8. The minimum atomic E-state index is -1.08. The number of primary amides is 1. The van der Waals surface area contributed by atoms with E-state index in [0.717, 1.165) is 43.8 Å². The van der Waals surface area contributed by atoms with Gasteiger partial charge in [-0.25, -0.2) is 9.59 Å². The van der Waals surface area contributed by atoms with Gasteiger partial charge in [-0.3, -0.25) is 30.0 Å². The van der Waals surface area contributed by atoms with E-state index in [0.29, 0.717) is 6.42 Å². The van der Waals surface area contributed by atoms with Gasteiger partial charge in [-0.2, -0.15) is 0 Å². The minimum absolute atomic E-state index is 0.000737. The van der Waals surface area contributed by atoms with E-state index < -0.39 is 36.1 Å². The van der Waals surface area contributed by atoms with E-state index >= 15 is 0 Å². The molecule has 6 aromatic carbocycles. The number of fused-ring (bicyclic) bond motifs is 2. The number of guanidine groups is 1. The summed E-state index contributed by atoms with van der Waals surface area (Å²) in [6, 6.07) is 43.4. The Morgan fingerprint density at radius 2 is 1.18 bits per heavy atom. The number of rotatable bonds is 17. The summed E-state index contributed by atoms with van der Waals surface area (Å²) in [6.45, 7) is -0.0512. The van der Waals surface area contributed by atoms with Gasteiger partial charge in [0.15, 0.2) is 0 Å². The highest BCUT2D eigenvalue weighted by Gasteiger charge is 2.26.